The van der Waals surface area contributed by atoms with Gasteiger partial charge in [0.25, 0.3) is 0 Å². The molecule has 0 heterocycles. The van der Waals surface area contributed by atoms with Gasteiger partial charge in [-0.05, 0) is 6.92 Å². The summed E-state index contributed by atoms with van der Waals surface area (Å²) in [7, 11) is 1.24. The minimum absolute atomic E-state index is 0.204. The molecule has 0 aromatic heterocycles. The van der Waals surface area contributed by atoms with Crippen molar-refractivity contribution < 1.29 is 14.3 Å². The van der Waals surface area contributed by atoms with Crippen LogP contribution in [-0.4, -0.2) is 19.0 Å². The van der Waals surface area contributed by atoms with Crippen LogP contribution in [0.2, 0.25) is 0 Å². The summed E-state index contributed by atoms with van der Waals surface area (Å²) in [6.45, 7) is 1.45. The van der Waals surface area contributed by atoms with Gasteiger partial charge in [-0.3, -0.25) is 4.79 Å². The summed E-state index contributed by atoms with van der Waals surface area (Å²) < 4.78 is 4.30. The summed E-state index contributed by atoms with van der Waals surface area (Å²) in [5.41, 5.74) is 4.97. The number of rotatable bonds is 2. The molecule has 56 valence electrons. The molecule has 0 fully saturated rings. The first-order chi connectivity index (χ1) is 4.57. The molecule has 0 radical (unpaired) electrons. The zero-order valence-electron chi connectivity index (χ0n) is 5.88. The molecule has 0 spiro atoms. The molecule has 4 nitrogen and oxygen atoms in total. The van der Waals surface area contributed by atoms with Gasteiger partial charge in [-0.2, -0.15) is 0 Å². The Bertz CT molecular complexity index is 183. The van der Waals surface area contributed by atoms with Crippen LogP contribution in [0.25, 0.3) is 0 Å². The Morgan fingerprint density at radius 1 is 1.50 bits per heavy atom. The minimum atomic E-state index is -0.650. The normalized spacial score (nSPS) is 10.8. The van der Waals surface area contributed by atoms with Gasteiger partial charge >= 0.3 is 5.97 Å². The number of amides is 1. The maximum atomic E-state index is 10.5. The maximum absolute atomic E-state index is 10.5. The number of primary amides is 1. The third kappa shape index (κ3) is 2.86. The monoisotopic (exact) mass is 143 g/mol. The Balaban J connectivity index is 4.19. The van der Waals surface area contributed by atoms with Gasteiger partial charge in [0.2, 0.25) is 5.91 Å². The Morgan fingerprint density at radius 3 is 2.30 bits per heavy atom. The van der Waals surface area contributed by atoms with Crippen LogP contribution >= 0.6 is 0 Å². The van der Waals surface area contributed by atoms with E-state index in [9.17, 15) is 9.59 Å². The molecule has 1 amide bonds. The maximum Gasteiger partial charge on any atom is 0.333 e. The smallest absolute Gasteiger partial charge is 0.333 e. The van der Waals surface area contributed by atoms with Gasteiger partial charge in [0.05, 0.1) is 7.11 Å². The Morgan fingerprint density at radius 2 is 2.00 bits per heavy atom. The van der Waals surface area contributed by atoms with Crippen LogP contribution in [0.1, 0.15) is 6.92 Å². The number of hydrogen-bond donors (Lipinski definition) is 1. The van der Waals surface area contributed by atoms with Gasteiger partial charge in [-0.25, -0.2) is 4.79 Å². The molecular formula is C6H9NO3. The lowest BCUT2D eigenvalue weighted by atomic mass is 10.3. The fourth-order valence-electron chi connectivity index (χ4n) is 0.433. The molecule has 0 bridgehead atoms. The first-order valence-electron chi connectivity index (χ1n) is 2.64. The molecule has 0 aliphatic heterocycles. The summed E-state index contributed by atoms with van der Waals surface area (Å²) in [5, 5.41) is 0. The highest BCUT2D eigenvalue weighted by Gasteiger charge is 2.02. The van der Waals surface area contributed by atoms with Crippen LogP contribution in [0.5, 0.6) is 0 Å². The SMILES string of the molecule is COC(=O)/C(C)=C\C(N)=O. The highest BCUT2D eigenvalue weighted by atomic mass is 16.5. The van der Waals surface area contributed by atoms with Crippen molar-refractivity contribution >= 4 is 11.9 Å². The van der Waals surface area contributed by atoms with Crippen molar-refractivity contribution in [1.82, 2.24) is 0 Å². The van der Waals surface area contributed by atoms with Crippen molar-refractivity contribution in [1.29, 1.82) is 0 Å². The molecule has 4 heteroatoms. The van der Waals surface area contributed by atoms with Gasteiger partial charge in [-0.1, -0.05) is 0 Å². The molecule has 10 heavy (non-hydrogen) atoms. The number of ether oxygens (including phenoxy) is 1. The van der Waals surface area contributed by atoms with E-state index in [4.69, 9.17) is 5.73 Å². The summed E-state index contributed by atoms with van der Waals surface area (Å²) in [6, 6.07) is 0. The molecule has 0 rings (SSSR count). The fourth-order valence-corrected chi connectivity index (χ4v) is 0.433. The van der Waals surface area contributed by atoms with Crippen LogP contribution < -0.4 is 5.73 Å². The molecule has 0 aliphatic rings. The topological polar surface area (TPSA) is 69.4 Å². The Hall–Kier alpha value is -1.32. The van der Waals surface area contributed by atoms with E-state index in [-0.39, 0.29) is 5.57 Å². The van der Waals surface area contributed by atoms with Gasteiger partial charge in [0, 0.05) is 11.6 Å². The number of esters is 1. The van der Waals surface area contributed by atoms with E-state index >= 15 is 0 Å². The average molecular weight is 143 g/mol. The van der Waals surface area contributed by atoms with Crippen LogP contribution in [-0.2, 0) is 14.3 Å². The minimum Gasteiger partial charge on any atom is -0.466 e. The molecule has 0 unspecified atom stereocenters. The van der Waals surface area contributed by atoms with Gasteiger partial charge in [0.1, 0.15) is 0 Å². The second-order valence-corrected chi connectivity index (χ2v) is 1.72. The molecule has 0 aromatic rings. The van der Waals surface area contributed by atoms with E-state index in [1.165, 1.54) is 14.0 Å². The van der Waals surface area contributed by atoms with E-state index in [0.717, 1.165) is 6.08 Å². The number of nitrogens with two attached hydrogens (primary N) is 1. The summed E-state index contributed by atoms with van der Waals surface area (Å²) in [4.78, 5) is 20.7. The van der Waals surface area contributed by atoms with E-state index in [0.29, 0.717) is 0 Å². The quantitative estimate of drug-likeness (QED) is 0.422. The summed E-state index contributed by atoms with van der Waals surface area (Å²) in [5.74, 6) is -1.19. The van der Waals surface area contributed by atoms with Crippen molar-refractivity contribution in [3.63, 3.8) is 0 Å². The number of carbonyl (C=O) groups excluding carboxylic acids is 2. The van der Waals surface area contributed by atoms with Gasteiger partial charge < -0.3 is 10.5 Å². The van der Waals surface area contributed by atoms with Crippen LogP contribution in [0, 0.1) is 0 Å². The zero-order valence-corrected chi connectivity index (χ0v) is 5.88. The van der Waals surface area contributed by atoms with Gasteiger partial charge in [-0.15, -0.1) is 0 Å². The van der Waals surface area contributed by atoms with Crippen molar-refractivity contribution in [2.75, 3.05) is 7.11 Å². The third-order valence-corrected chi connectivity index (χ3v) is 0.866. The molecular weight excluding hydrogens is 134 g/mol. The molecule has 0 aromatic carbocycles. The van der Waals surface area contributed by atoms with E-state index in [1.807, 2.05) is 0 Å². The number of carbonyl (C=O) groups is 2. The highest BCUT2D eigenvalue weighted by Crippen LogP contribution is 1.93. The van der Waals surface area contributed by atoms with Crippen molar-refractivity contribution in [2.24, 2.45) is 5.73 Å². The van der Waals surface area contributed by atoms with E-state index in [2.05, 4.69) is 4.74 Å². The van der Waals surface area contributed by atoms with E-state index < -0.39 is 11.9 Å². The molecule has 0 saturated heterocycles. The molecule has 0 atom stereocenters. The largest absolute Gasteiger partial charge is 0.466 e. The predicted octanol–water partition coefficient (Wildman–Crippen LogP) is -0.409. The van der Waals surface area contributed by atoms with E-state index in [1.54, 1.807) is 0 Å². The zero-order chi connectivity index (χ0) is 8.15. The third-order valence-electron chi connectivity index (χ3n) is 0.866. The van der Waals surface area contributed by atoms with Crippen LogP contribution in [0.4, 0.5) is 0 Å². The standard InChI is InChI=1S/C6H9NO3/c1-4(3-5(7)8)6(9)10-2/h3H,1-2H3,(H2,7,8)/b4-3-. The fraction of sp³-hybridized carbons (Fsp3) is 0.333. The highest BCUT2D eigenvalue weighted by molar-refractivity contribution is 5.97. The first-order valence-corrected chi connectivity index (χ1v) is 2.64. The first kappa shape index (κ1) is 8.68. The molecule has 0 saturated carbocycles. The average Bonchev–Trinajstić information content (AvgIpc) is 1.85. The lowest BCUT2D eigenvalue weighted by Gasteiger charge is -1.94. The lowest BCUT2D eigenvalue weighted by molar-refractivity contribution is -0.136. The Kier molecular flexibility index (Phi) is 3.17. The van der Waals surface area contributed by atoms with Crippen molar-refractivity contribution in [2.45, 2.75) is 6.92 Å². The second-order valence-electron chi connectivity index (χ2n) is 1.72. The van der Waals surface area contributed by atoms with Crippen molar-refractivity contribution in [3.05, 3.63) is 11.6 Å². The van der Waals surface area contributed by atoms with Crippen LogP contribution in [0.15, 0.2) is 11.6 Å². The Labute approximate surface area is 58.7 Å². The molecule has 2 N–H and O–H groups in total. The summed E-state index contributed by atoms with van der Waals surface area (Å²) in [6.07, 6.45) is 1.02. The second kappa shape index (κ2) is 3.66. The number of methoxy groups -OCH3 is 1. The predicted molar refractivity (Wildman–Crippen MR) is 35.0 cm³/mol. The summed E-state index contributed by atoms with van der Waals surface area (Å²) >= 11 is 0. The molecule has 0 aliphatic carbocycles. The number of hydrogen-bond acceptors (Lipinski definition) is 3. The van der Waals surface area contributed by atoms with Crippen LogP contribution in [0.3, 0.4) is 0 Å². The lowest BCUT2D eigenvalue weighted by Crippen LogP contribution is -2.10. The van der Waals surface area contributed by atoms with Gasteiger partial charge in [0.15, 0.2) is 0 Å². The van der Waals surface area contributed by atoms with Crippen molar-refractivity contribution in [3.8, 4) is 0 Å².